The molecule has 0 aromatic heterocycles. The second-order valence-corrected chi connectivity index (χ2v) is 7.29. The van der Waals surface area contributed by atoms with Gasteiger partial charge in [0.1, 0.15) is 0 Å². The molecular weight excluding hydrogens is 324 g/mol. The molecule has 0 aliphatic carbocycles. The van der Waals surface area contributed by atoms with Gasteiger partial charge in [-0.25, -0.2) is 0 Å². The number of nitrogens with one attached hydrogen (secondary N) is 2. The molecule has 1 heterocycles. The van der Waals surface area contributed by atoms with Crippen molar-refractivity contribution in [3.8, 4) is 0 Å². The highest BCUT2D eigenvalue weighted by atomic mass is 16.2. The van der Waals surface area contributed by atoms with Crippen molar-refractivity contribution in [1.82, 2.24) is 0 Å². The number of rotatable bonds is 5. The first-order valence-electron chi connectivity index (χ1n) is 9.33. The topological polar surface area (TPSA) is 50.6 Å². The third-order valence-electron chi connectivity index (χ3n) is 5.23. The van der Waals surface area contributed by atoms with Gasteiger partial charge in [0.15, 0.2) is 12.3 Å². The Kier molecular flexibility index (Phi) is 5.84. The molecule has 3 rings (SSSR count). The number of hydrogen-bond acceptors (Lipinski definition) is 2. The van der Waals surface area contributed by atoms with E-state index in [0.717, 1.165) is 42.7 Å². The number of hydrogen-bond donors (Lipinski definition) is 2. The number of Topliss-reactive ketones (excluding diaryl/α,β-unsaturated/α-hetero) is 1. The second-order valence-electron chi connectivity index (χ2n) is 7.29. The van der Waals surface area contributed by atoms with Crippen LogP contribution in [0.25, 0.3) is 0 Å². The Morgan fingerprint density at radius 1 is 1.00 bits per heavy atom. The van der Waals surface area contributed by atoms with Crippen LogP contribution in [-0.4, -0.2) is 31.3 Å². The summed E-state index contributed by atoms with van der Waals surface area (Å²) in [4.78, 5) is 26.2. The van der Waals surface area contributed by atoms with Crippen LogP contribution in [-0.2, 0) is 4.79 Å². The van der Waals surface area contributed by atoms with E-state index < -0.39 is 0 Å². The van der Waals surface area contributed by atoms with Gasteiger partial charge in [-0.05, 0) is 25.5 Å². The van der Waals surface area contributed by atoms with E-state index in [-0.39, 0.29) is 17.6 Å². The van der Waals surface area contributed by atoms with Crippen LogP contribution in [0, 0.1) is 19.8 Å². The molecule has 1 aliphatic heterocycles. The number of aryl methyl sites for hydroxylation is 2. The Balaban J connectivity index is 1.49. The van der Waals surface area contributed by atoms with E-state index in [1.54, 1.807) is 0 Å². The lowest BCUT2D eigenvalue weighted by Gasteiger charge is -2.28. The fraction of sp³-hybridized carbons (Fsp3) is 0.364. The summed E-state index contributed by atoms with van der Waals surface area (Å²) in [6, 6.07) is 15.6. The number of ketones is 1. The van der Waals surface area contributed by atoms with E-state index in [9.17, 15) is 9.59 Å². The molecule has 136 valence electrons. The van der Waals surface area contributed by atoms with Crippen molar-refractivity contribution in [1.29, 1.82) is 0 Å². The summed E-state index contributed by atoms with van der Waals surface area (Å²) >= 11 is 0. The minimum absolute atomic E-state index is 0.0395. The fourth-order valence-electron chi connectivity index (χ4n) is 3.55. The highest BCUT2D eigenvalue weighted by molar-refractivity contribution is 5.98. The number of quaternary nitrogens is 1. The fourth-order valence-corrected chi connectivity index (χ4v) is 3.55. The van der Waals surface area contributed by atoms with Crippen molar-refractivity contribution in [2.24, 2.45) is 5.92 Å². The van der Waals surface area contributed by atoms with E-state index in [1.807, 2.05) is 62.4 Å². The van der Waals surface area contributed by atoms with Crippen LogP contribution in [0.4, 0.5) is 5.69 Å². The molecule has 0 spiro atoms. The number of benzene rings is 2. The van der Waals surface area contributed by atoms with Gasteiger partial charge in [-0.2, -0.15) is 0 Å². The number of carbonyl (C=O) groups is 2. The van der Waals surface area contributed by atoms with E-state index in [1.165, 1.54) is 10.5 Å². The van der Waals surface area contributed by atoms with Crippen LogP contribution in [0.5, 0.6) is 0 Å². The predicted octanol–water partition coefficient (Wildman–Crippen LogP) is 2.42. The van der Waals surface area contributed by atoms with Gasteiger partial charge in [0.25, 0.3) is 5.91 Å². The third kappa shape index (κ3) is 4.58. The Morgan fingerprint density at radius 3 is 2.31 bits per heavy atom. The van der Waals surface area contributed by atoms with Crippen molar-refractivity contribution < 1.29 is 14.5 Å². The summed E-state index contributed by atoms with van der Waals surface area (Å²) in [5, 5.41) is 3.00. The van der Waals surface area contributed by atoms with Crippen molar-refractivity contribution in [2.45, 2.75) is 26.7 Å². The van der Waals surface area contributed by atoms with Gasteiger partial charge in [0.2, 0.25) is 0 Å². The smallest absolute Gasteiger partial charge is 0.279 e. The normalized spacial score (nSPS) is 19.8. The summed E-state index contributed by atoms with van der Waals surface area (Å²) in [6.07, 6.45) is 1.69. The zero-order valence-electron chi connectivity index (χ0n) is 15.5. The maximum absolute atomic E-state index is 12.6. The number of likely N-dealkylation sites (tertiary alicyclic amines) is 1. The van der Waals surface area contributed by atoms with Crippen LogP contribution in [0.1, 0.15) is 34.3 Å². The van der Waals surface area contributed by atoms with Gasteiger partial charge in [0.05, 0.1) is 13.1 Å². The van der Waals surface area contributed by atoms with Gasteiger partial charge in [-0.15, -0.1) is 0 Å². The average Bonchev–Trinajstić information content (AvgIpc) is 2.64. The van der Waals surface area contributed by atoms with Crippen LogP contribution in [0.15, 0.2) is 48.5 Å². The molecule has 0 saturated carbocycles. The summed E-state index contributed by atoms with van der Waals surface area (Å²) in [5.41, 5.74) is 3.92. The Hall–Kier alpha value is -2.46. The molecule has 2 N–H and O–H groups in total. The summed E-state index contributed by atoms with van der Waals surface area (Å²) in [6.45, 7) is 6.20. The molecule has 2 aromatic carbocycles. The highest BCUT2D eigenvalue weighted by Gasteiger charge is 2.29. The maximum Gasteiger partial charge on any atom is 0.279 e. The van der Waals surface area contributed by atoms with Crippen LogP contribution in [0.3, 0.4) is 0 Å². The molecule has 4 nitrogen and oxygen atoms in total. The molecule has 0 unspecified atom stereocenters. The van der Waals surface area contributed by atoms with E-state index in [2.05, 4.69) is 5.32 Å². The van der Waals surface area contributed by atoms with E-state index in [4.69, 9.17) is 0 Å². The Labute approximate surface area is 155 Å². The largest absolute Gasteiger partial charge is 0.327 e. The lowest BCUT2D eigenvalue weighted by atomic mass is 9.88. The van der Waals surface area contributed by atoms with E-state index in [0.29, 0.717) is 6.54 Å². The molecular formula is C22H27N2O2+. The lowest BCUT2D eigenvalue weighted by molar-refractivity contribution is -0.897. The van der Waals surface area contributed by atoms with Gasteiger partial charge in [-0.1, -0.05) is 48.0 Å². The third-order valence-corrected chi connectivity index (χ3v) is 5.23. The van der Waals surface area contributed by atoms with Crippen molar-refractivity contribution >= 4 is 17.4 Å². The zero-order valence-corrected chi connectivity index (χ0v) is 15.5. The minimum atomic E-state index is 0.0395. The molecule has 26 heavy (non-hydrogen) atoms. The quantitative estimate of drug-likeness (QED) is 0.813. The molecule has 0 bridgehead atoms. The molecule has 1 aliphatic rings. The molecule has 2 aromatic rings. The Bertz CT molecular complexity index is 775. The first-order valence-corrected chi connectivity index (χ1v) is 9.33. The van der Waals surface area contributed by atoms with Gasteiger partial charge in [0, 0.05) is 30.0 Å². The minimum Gasteiger partial charge on any atom is -0.327 e. The molecule has 4 heteroatoms. The molecule has 0 radical (unpaired) electrons. The van der Waals surface area contributed by atoms with Gasteiger partial charge in [-0.3, -0.25) is 9.59 Å². The zero-order chi connectivity index (χ0) is 18.5. The SMILES string of the molecule is Cc1ccc(C(=O)C2CC[NH+](CC(=O)Nc3ccccc3C)CC2)cc1. The monoisotopic (exact) mass is 351 g/mol. The number of anilines is 1. The molecule has 1 amide bonds. The van der Waals surface area contributed by atoms with Crippen LogP contribution in [0.2, 0.25) is 0 Å². The lowest BCUT2D eigenvalue weighted by Crippen LogP contribution is -3.14. The van der Waals surface area contributed by atoms with Crippen molar-refractivity contribution in [2.75, 3.05) is 25.0 Å². The van der Waals surface area contributed by atoms with Gasteiger partial charge < -0.3 is 10.2 Å². The number of carbonyl (C=O) groups excluding carboxylic acids is 2. The first-order chi connectivity index (χ1) is 12.5. The standard InChI is InChI=1S/C22H26N2O2/c1-16-7-9-18(10-8-16)22(26)19-11-13-24(14-12-19)15-21(25)23-20-6-4-3-5-17(20)2/h3-10,19H,11-15H2,1-2H3,(H,23,25)/p+1. The molecule has 1 saturated heterocycles. The van der Waals surface area contributed by atoms with Crippen LogP contribution >= 0.6 is 0 Å². The summed E-state index contributed by atoms with van der Waals surface area (Å²) in [5.74, 6) is 0.368. The van der Waals surface area contributed by atoms with Crippen molar-refractivity contribution in [3.05, 3.63) is 65.2 Å². The Morgan fingerprint density at radius 2 is 1.65 bits per heavy atom. The maximum atomic E-state index is 12.6. The molecule has 1 fully saturated rings. The van der Waals surface area contributed by atoms with Crippen molar-refractivity contribution in [3.63, 3.8) is 0 Å². The average molecular weight is 351 g/mol. The van der Waals surface area contributed by atoms with E-state index >= 15 is 0 Å². The number of amides is 1. The van der Waals surface area contributed by atoms with Crippen LogP contribution < -0.4 is 10.2 Å². The summed E-state index contributed by atoms with van der Waals surface area (Å²) in [7, 11) is 0. The summed E-state index contributed by atoms with van der Waals surface area (Å²) < 4.78 is 0. The number of para-hydroxylation sites is 1. The highest BCUT2D eigenvalue weighted by Crippen LogP contribution is 2.17. The first kappa shape index (κ1) is 18.3. The van der Waals surface area contributed by atoms with Gasteiger partial charge >= 0.3 is 0 Å². The predicted molar refractivity (Wildman–Crippen MR) is 104 cm³/mol. The second kappa shape index (κ2) is 8.28. The number of piperidine rings is 1. The molecule has 0 atom stereocenters.